The highest BCUT2D eigenvalue weighted by Crippen LogP contribution is 2.36. The Balaban J connectivity index is 2.38. The number of carboxylic acids is 1. The molecule has 1 amide bonds. The number of nitrogens with one attached hydrogen (secondary N) is 1. The van der Waals surface area contributed by atoms with Crippen LogP contribution in [0.15, 0.2) is 0 Å². The Hall–Kier alpha value is -1.14. The molecule has 6 nitrogen and oxygen atoms in total. The summed E-state index contributed by atoms with van der Waals surface area (Å²) in [6.45, 7) is 2.53. The molecular weight excluding hydrogens is 250 g/mol. The van der Waals surface area contributed by atoms with E-state index in [1.54, 1.807) is 0 Å². The first-order valence-corrected chi connectivity index (χ1v) is 6.63. The van der Waals surface area contributed by atoms with Crippen LogP contribution in [0.25, 0.3) is 0 Å². The monoisotopic (exact) mass is 273 g/mol. The van der Waals surface area contributed by atoms with Crippen LogP contribution in [0, 0.1) is 17.8 Å². The molecule has 0 bridgehead atoms. The number of ether oxygens (including phenoxy) is 1. The lowest BCUT2D eigenvalue weighted by molar-refractivity contribution is -0.146. The molecular formula is C13H23NO5. The minimum Gasteiger partial charge on any atom is -0.481 e. The molecule has 1 rings (SSSR count). The average molecular weight is 273 g/mol. The molecule has 2 unspecified atom stereocenters. The van der Waals surface area contributed by atoms with Crippen molar-refractivity contribution >= 4 is 11.9 Å². The number of carboxylic acid groups (broad SMARTS) is 1. The molecule has 110 valence electrons. The molecule has 0 radical (unpaired) electrons. The van der Waals surface area contributed by atoms with Gasteiger partial charge >= 0.3 is 5.97 Å². The summed E-state index contributed by atoms with van der Waals surface area (Å²) in [5.74, 6) is -1.90. The number of carbonyl (C=O) groups is 2. The molecule has 0 aromatic carbocycles. The largest absolute Gasteiger partial charge is 0.481 e. The smallest absolute Gasteiger partial charge is 0.307 e. The number of hydrogen-bond donors (Lipinski definition) is 3. The molecule has 6 heteroatoms. The molecule has 4 atom stereocenters. The highest BCUT2D eigenvalue weighted by Gasteiger charge is 2.40. The molecule has 1 aliphatic rings. The zero-order valence-corrected chi connectivity index (χ0v) is 11.5. The van der Waals surface area contributed by atoms with Crippen molar-refractivity contribution in [2.75, 3.05) is 20.3 Å². The van der Waals surface area contributed by atoms with E-state index >= 15 is 0 Å². The van der Waals surface area contributed by atoms with Gasteiger partial charge < -0.3 is 20.3 Å². The second kappa shape index (κ2) is 7.45. The van der Waals surface area contributed by atoms with Crippen LogP contribution in [0.3, 0.4) is 0 Å². The first-order chi connectivity index (χ1) is 8.95. The summed E-state index contributed by atoms with van der Waals surface area (Å²) < 4.78 is 4.78. The summed E-state index contributed by atoms with van der Waals surface area (Å²) in [6.07, 6.45) is 0.964. The Morgan fingerprint density at radius 1 is 1.37 bits per heavy atom. The van der Waals surface area contributed by atoms with E-state index in [1.807, 2.05) is 6.92 Å². The van der Waals surface area contributed by atoms with Gasteiger partial charge in [0.15, 0.2) is 0 Å². The van der Waals surface area contributed by atoms with Gasteiger partial charge in [0.2, 0.25) is 5.91 Å². The van der Waals surface area contributed by atoms with Gasteiger partial charge in [-0.1, -0.05) is 6.92 Å². The third kappa shape index (κ3) is 4.80. The van der Waals surface area contributed by atoms with Crippen LogP contribution in [0.2, 0.25) is 0 Å². The second-order valence-corrected chi connectivity index (χ2v) is 5.32. The van der Waals surface area contributed by atoms with Crippen molar-refractivity contribution in [3.63, 3.8) is 0 Å². The quantitative estimate of drug-likeness (QED) is 0.618. The highest BCUT2D eigenvalue weighted by molar-refractivity contribution is 5.85. The Bertz CT molecular complexity index is 320. The van der Waals surface area contributed by atoms with Crippen LogP contribution in [0.1, 0.15) is 26.2 Å². The second-order valence-electron chi connectivity index (χ2n) is 5.32. The van der Waals surface area contributed by atoms with Gasteiger partial charge in [-0.05, 0) is 25.2 Å². The first-order valence-electron chi connectivity index (χ1n) is 6.63. The number of hydrogen-bond acceptors (Lipinski definition) is 4. The summed E-state index contributed by atoms with van der Waals surface area (Å²) in [6, 6.07) is 0. The fourth-order valence-electron chi connectivity index (χ4n) is 2.62. The lowest BCUT2D eigenvalue weighted by Crippen LogP contribution is -2.37. The van der Waals surface area contributed by atoms with Crippen molar-refractivity contribution < 1.29 is 24.5 Å². The van der Waals surface area contributed by atoms with E-state index in [-0.39, 0.29) is 18.4 Å². The van der Waals surface area contributed by atoms with E-state index < -0.39 is 23.9 Å². The third-order valence-electron chi connectivity index (χ3n) is 3.59. The Labute approximate surface area is 113 Å². The summed E-state index contributed by atoms with van der Waals surface area (Å²) in [4.78, 5) is 23.1. The van der Waals surface area contributed by atoms with Crippen LogP contribution < -0.4 is 5.32 Å². The van der Waals surface area contributed by atoms with Crippen molar-refractivity contribution in [3.05, 3.63) is 0 Å². The zero-order valence-electron chi connectivity index (χ0n) is 11.5. The topological polar surface area (TPSA) is 95.9 Å². The minimum atomic E-state index is -0.899. The molecule has 0 aromatic rings. The van der Waals surface area contributed by atoms with E-state index in [9.17, 15) is 14.7 Å². The number of methoxy groups -OCH3 is 1. The van der Waals surface area contributed by atoms with Gasteiger partial charge in [-0.3, -0.25) is 9.59 Å². The molecule has 0 saturated heterocycles. The van der Waals surface area contributed by atoms with E-state index in [0.29, 0.717) is 25.8 Å². The summed E-state index contributed by atoms with van der Waals surface area (Å²) in [7, 11) is 1.50. The van der Waals surface area contributed by atoms with Crippen molar-refractivity contribution in [1.29, 1.82) is 0 Å². The van der Waals surface area contributed by atoms with Gasteiger partial charge in [0.1, 0.15) is 0 Å². The van der Waals surface area contributed by atoms with Crippen LogP contribution in [0.4, 0.5) is 0 Å². The van der Waals surface area contributed by atoms with Crippen molar-refractivity contribution in [2.45, 2.75) is 32.3 Å². The average Bonchev–Trinajstić information content (AvgIpc) is 2.72. The maximum Gasteiger partial charge on any atom is 0.307 e. The number of amides is 1. The van der Waals surface area contributed by atoms with Gasteiger partial charge in [0.05, 0.1) is 24.5 Å². The number of aliphatic hydroxyl groups excluding tert-OH is 1. The standard InChI is InChI=1S/C13H23NO5/c1-8-5-10(11(6-8)13(17)18)12(16)14-4-3-9(15)7-19-2/h8-11,15H,3-7H2,1-2H3,(H,14,16)(H,17,18)/t8?,9?,10-,11+/m0/s1. The van der Waals surface area contributed by atoms with E-state index in [1.165, 1.54) is 7.11 Å². The SMILES string of the molecule is COCC(O)CCNC(=O)[C@H]1CC(C)C[C@H]1C(=O)O. The molecule has 0 aliphatic heterocycles. The van der Waals surface area contributed by atoms with Gasteiger partial charge in [-0.15, -0.1) is 0 Å². The van der Waals surface area contributed by atoms with E-state index in [2.05, 4.69) is 5.32 Å². The predicted octanol–water partition coefficient (Wildman–Crippen LogP) is 0.247. The van der Waals surface area contributed by atoms with Crippen LogP contribution in [-0.2, 0) is 14.3 Å². The Kier molecular flexibility index (Phi) is 6.24. The molecule has 1 saturated carbocycles. The molecule has 0 spiro atoms. The van der Waals surface area contributed by atoms with Gasteiger partial charge in [-0.25, -0.2) is 0 Å². The number of rotatable bonds is 7. The van der Waals surface area contributed by atoms with Gasteiger partial charge in [0, 0.05) is 13.7 Å². The number of carbonyl (C=O) groups excluding carboxylic acids is 1. The minimum absolute atomic E-state index is 0.221. The van der Waals surface area contributed by atoms with Crippen molar-refractivity contribution in [2.24, 2.45) is 17.8 Å². The van der Waals surface area contributed by atoms with Crippen molar-refractivity contribution in [1.82, 2.24) is 5.32 Å². The maximum absolute atomic E-state index is 12.0. The highest BCUT2D eigenvalue weighted by atomic mass is 16.5. The van der Waals surface area contributed by atoms with Gasteiger partial charge in [0.25, 0.3) is 0 Å². The zero-order chi connectivity index (χ0) is 14.4. The summed E-state index contributed by atoms with van der Waals surface area (Å²) >= 11 is 0. The summed E-state index contributed by atoms with van der Waals surface area (Å²) in [5, 5.41) is 21.2. The molecule has 0 aromatic heterocycles. The van der Waals surface area contributed by atoms with Crippen LogP contribution in [-0.4, -0.2) is 48.5 Å². The fourth-order valence-corrected chi connectivity index (χ4v) is 2.62. The third-order valence-corrected chi connectivity index (χ3v) is 3.59. The Morgan fingerprint density at radius 2 is 2.00 bits per heavy atom. The fraction of sp³-hybridized carbons (Fsp3) is 0.846. The van der Waals surface area contributed by atoms with Crippen molar-refractivity contribution in [3.8, 4) is 0 Å². The normalized spacial score (nSPS) is 28.1. The molecule has 1 aliphatic carbocycles. The lowest BCUT2D eigenvalue weighted by Gasteiger charge is -2.16. The first kappa shape index (κ1) is 15.9. The molecule has 0 heterocycles. The van der Waals surface area contributed by atoms with E-state index in [0.717, 1.165) is 0 Å². The Morgan fingerprint density at radius 3 is 2.58 bits per heavy atom. The van der Waals surface area contributed by atoms with Gasteiger partial charge in [-0.2, -0.15) is 0 Å². The number of aliphatic carboxylic acids is 1. The lowest BCUT2D eigenvalue weighted by atomic mass is 9.95. The number of aliphatic hydroxyl groups is 1. The maximum atomic E-state index is 12.0. The van der Waals surface area contributed by atoms with Crippen LogP contribution in [0.5, 0.6) is 0 Å². The summed E-state index contributed by atoms with van der Waals surface area (Å²) in [5.41, 5.74) is 0. The van der Waals surface area contributed by atoms with Crippen LogP contribution >= 0.6 is 0 Å². The molecule has 3 N–H and O–H groups in total. The predicted molar refractivity (Wildman–Crippen MR) is 68.5 cm³/mol. The molecule has 1 fully saturated rings. The van der Waals surface area contributed by atoms with E-state index in [4.69, 9.17) is 9.84 Å². The molecule has 19 heavy (non-hydrogen) atoms.